The molecule has 0 unspecified atom stereocenters. The molecule has 0 radical (unpaired) electrons. The highest BCUT2D eigenvalue weighted by Gasteiger charge is 2.30. The van der Waals surface area contributed by atoms with E-state index in [1.807, 2.05) is 11.8 Å². The summed E-state index contributed by atoms with van der Waals surface area (Å²) in [5, 5.41) is 2.85. The van der Waals surface area contributed by atoms with Crippen LogP contribution in [0.2, 0.25) is 0 Å². The van der Waals surface area contributed by atoms with Crippen molar-refractivity contribution in [3.63, 3.8) is 0 Å². The summed E-state index contributed by atoms with van der Waals surface area (Å²) in [5.74, 6) is 1.08. The van der Waals surface area contributed by atoms with Crippen molar-refractivity contribution in [3.05, 3.63) is 36.7 Å². The maximum Gasteiger partial charge on any atom is 0.243 e. The minimum atomic E-state index is -3.64. The first-order valence-electron chi connectivity index (χ1n) is 9.05. The standard InChI is InChI=1S/C18H21N5O3S2/c1-13-12-27-16-4-3-14(11-15(16)21-17(13)24)28(25,26)23-9-7-22(8-10-23)18-19-5-2-6-20-18/h2-6,11,13H,7-10,12H2,1H3,(H,21,24)/t13-/m0/s1. The average Bonchev–Trinajstić information content (AvgIpc) is 2.86. The number of hydrogen-bond donors (Lipinski definition) is 1. The van der Waals surface area contributed by atoms with Crippen molar-refractivity contribution >= 4 is 39.3 Å². The van der Waals surface area contributed by atoms with Crippen molar-refractivity contribution < 1.29 is 13.2 Å². The van der Waals surface area contributed by atoms with Crippen LogP contribution in [0.5, 0.6) is 0 Å². The summed E-state index contributed by atoms with van der Waals surface area (Å²) >= 11 is 1.56. The summed E-state index contributed by atoms with van der Waals surface area (Å²) in [6, 6.07) is 6.72. The van der Waals surface area contributed by atoms with Gasteiger partial charge in [0.05, 0.1) is 10.6 Å². The fraction of sp³-hybridized carbons (Fsp3) is 0.389. The lowest BCUT2D eigenvalue weighted by Crippen LogP contribution is -2.49. The second kappa shape index (κ2) is 7.69. The monoisotopic (exact) mass is 419 g/mol. The molecule has 0 saturated carbocycles. The Balaban J connectivity index is 1.52. The first-order valence-corrected chi connectivity index (χ1v) is 11.5. The van der Waals surface area contributed by atoms with Crippen LogP contribution in [0.3, 0.4) is 0 Å². The summed E-state index contributed by atoms with van der Waals surface area (Å²) in [5.41, 5.74) is 0.566. The molecule has 1 saturated heterocycles. The molecule has 1 fully saturated rings. The third-order valence-electron chi connectivity index (χ3n) is 4.86. The van der Waals surface area contributed by atoms with Gasteiger partial charge in [-0.15, -0.1) is 11.8 Å². The highest BCUT2D eigenvalue weighted by molar-refractivity contribution is 7.99. The molecule has 0 aliphatic carbocycles. The summed E-state index contributed by atoms with van der Waals surface area (Å²) in [4.78, 5) is 23.6. The van der Waals surface area contributed by atoms with Crippen LogP contribution in [0.25, 0.3) is 0 Å². The molecular formula is C18H21N5O3S2. The molecule has 10 heteroatoms. The number of benzene rings is 1. The van der Waals surface area contributed by atoms with Gasteiger partial charge in [0.2, 0.25) is 21.9 Å². The van der Waals surface area contributed by atoms with Gasteiger partial charge in [0.25, 0.3) is 0 Å². The second-order valence-electron chi connectivity index (χ2n) is 6.80. The molecule has 1 aromatic heterocycles. The third-order valence-corrected chi connectivity index (χ3v) is 8.09. The molecule has 1 atom stereocenters. The van der Waals surface area contributed by atoms with Crippen molar-refractivity contribution in [3.8, 4) is 0 Å². The van der Waals surface area contributed by atoms with E-state index in [9.17, 15) is 13.2 Å². The number of rotatable bonds is 3. The van der Waals surface area contributed by atoms with Crippen molar-refractivity contribution in [2.24, 2.45) is 5.92 Å². The van der Waals surface area contributed by atoms with E-state index in [2.05, 4.69) is 15.3 Å². The minimum absolute atomic E-state index is 0.0859. The first kappa shape index (κ1) is 19.2. The van der Waals surface area contributed by atoms with Gasteiger partial charge in [-0.2, -0.15) is 4.31 Å². The maximum atomic E-state index is 13.1. The largest absolute Gasteiger partial charge is 0.338 e. The van der Waals surface area contributed by atoms with E-state index in [0.717, 1.165) is 4.90 Å². The zero-order chi connectivity index (χ0) is 19.7. The van der Waals surface area contributed by atoms with Crippen LogP contribution in [0.4, 0.5) is 11.6 Å². The van der Waals surface area contributed by atoms with E-state index in [4.69, 9.17) is 0 Å². The van der Waals surface area contributed by atoms with Gasteiger partial charge in [-0.25, -0.2) is 18.4 Å². The van der Waals surface area contributed by atoms with Crippen LogP contribution in [0.1, 0.15) is 6.92 Å². The number of amides is 1. The van der Waals surface area contributed by atoms with E-state index in [-0.39, 0.29) is 16.7 Å². The lowest BCUT2D eigenvalue weighted by Gasteiger charge is -2.34. The van der Waals surface area contributed by atoms with Crippen LogP contribution in [0, 0.1) is 5.92 Å². The zero-order valence-corrected chi connectivity index (χ0v) is 17.0. The van der Waals surface area contributed by atoms with Crippen LogP contribution in [-0.4, -0.2) is 60.5 Å². The van der Waals surface area contributed by atoms with E-state index in [0.29, 0.717) is 43.6 Å². The van der Waals surface area contributed by atoms with Gasteiger partial charge >= 0.3 is 0 Å². The molecule has 2 aliphatic heterocycles. The molecule has 2 aliphatic rings. The molecule has 3 heterocycles. The van der Waals surface area contributed by atoms with Crippen LogP contribution >= 0.6 is 11.8 Å². The molecule has 148 valence electrons. The molecule has 1 amide bonds. The summed E-state index contributed by atoms with van der Waals surface area (Å²) in [6.45, 7) is 3.63. The van der Waals surface area contributed by atoms with E-state index < -0.39 is 10.0 Å². The number of fused-ring (bicyclic) bond motifs is 1. The van der Waals surface area contributed by atoms with Gasteiger partial charge in [-0.1, -0.05) is 6.92 Å². The molecule has 4 rings (SSSR count). The summed E-state index contributed by atoms with van der Waals surface area (Å²) in [7, 11) is -3.64. The Bertz CT molecular complexity index is 976. The van der Waals surface area contributed by atoms with Crippen LogP contribution < -0.4 is 10.2 Å². The van der Waals surface area contributed by atoms with E-state index >= 15 is 0 Å². The second-order valence-corrected chi connectivity index (χ2v) is 9.80. The molecule has 1 aromatic carbocycles. The van der Waals surface area contributed by atoms with E-state index in [1.165, 1.54) is 4.31 Å². The molecule has 8 nitrogen and oxygen atoms in total. The number of hydrogen-bond acceptors (Lipinski definition) is 7. The lowest BCUT2D eigenvalue weighted by molar-refractivity contribution is -0.118. The van der Waals surface area contributed by atoms with Gasteiger partial charge < -0.3 is 10.2 Å². The summed E-state index contributed by atoms with van der Waals surface area (Å²) in [6.07, 6.45) is 3.35. The van der Waals surface area contributed by atoms with Gasteiger partial charge in [0, 0.05) is 55.1 Å². The topological polar surface area (TPSA) is 95.5 Å². The fourth-order valence-corrected chi connectivity index (χ4v) is 5.63. The Hall–Kier alpha value is -2.17. The van der Waals surface area contributed by atoms with Gasteiger partial charge in [-0.05, 0) is 24.3 Å². The molecule has 2 aromatic rings. The fourth-order valence-electron chi connectivity index (χ4n) is 3.17. The average molecular weight is 420 g/mol. The SMILES string of the molecule is C[C@H]1CSc2ccc(S(=O)(=O)N3CCN(c4ncccn4)CC3)cc2NC1=O. The highest BCUT2D eigenvalue weighted by atomic mass is 32.2. The number of nitrogens with zero attached hydrogens (tertiary/aromatic N) is 4. The van der Waals surface area contributed by atoms with Gasteiger partial charge in [0.15, 0.2) is 0 Å². The molecule has 1 N–H and O–H groups in total. The number of thioether (sulfide) groups is 1. The predicted molar refractivity (Wildman–Crippen MR) is 108 cm³/mol. The Morgan fingerprint density at radius 3 is 2.57 bits per heavy atom. The number of sulfonamides is 1. The Morgan fingerprint density at radius 1 is 1.14 bits per heavy atom. The van der Waals surface area contributed by atoms with Gasteiger partial charge in [0.1, 0.15) is 0 Å². The molecule has 28 heavy (non-hydrogen) atoms. The zero-order valence-electron chi connectivity index (χ0n) is 15.4. The maximum absolute atomic E-state index is 13.1. The minimum Gasteiger partial charge on any atom is -0.338 e. The Labute approximate surface area is 168 Å². The number of anilines is 2. The number of nitrogens with one attached hydrogen (secondary N) is 1. The van der Waals surface area contributed by atoms with Crippen molar-refractivity contribution in [2.45, 2.75) is 16.7 Å². The molecule has 0 bridgehead atoms. The Kier molecular flexibility index (Phi) is 5.26. The Morgan fingerprint density at radius 2 is 1.86 bits per heavy atom. The summed E-state index contributed by atoms with van der Waals surface area (Å²) < 4.78 is 27.7. The molecular weight excluding hydrogens is 398 g/mol. The number of piperazine rings is 1. The van der Waals surface area contributed by atoms with Crippen molar-refractivity contribution in [1.82, 2.24) is 14.3 Å². The van der Waals surface area contributed by atoms with E-state index in [1.54, 1.807) is 48.4 Å². The smallest absolute Gasteiger partial charge is 0.243 e. The lowest BCUT2D eigenvalue weighted by atomic mass is 10.2. The molecule has 0 spiro atoms. The number of aromatic nitrogens is 2. The van der Waals surface area contributed by atoms with Crippen molar-refractivity contribution in [1.29, 1.82) is 0 Å². The third kappa shape index (κ3) is 3.71. The first-order chi connectivity index (χ1) is 13.4. The van der Waals surface area contributed by atoms with Crippen LogP contribution in [0.15, 0.2) is 46.5 Å². The predicted octanol–water partition coefficient (Wildman–Crippen LogP) is 1.67. The van der Waals surface area contributed by atoms with Crippen molar-refractivity contribution in [2.75, 3.05) is 42.1 Å². The number of carbonyl (C=O) groups excluding carboxylic acids is 1. The van der Waals surface area contributed by atoms with Gasteiger partial charge in [-0.3, -0.25) is 4.79 Å². The highest BCUT2D eigenvalue weighted by Crippen LogP contribution is 2.34. The van der Waals surface area contributed by atoms with Crippen LogP contribution in [-0.2, 0) is 14.8 Å². The quantitative estimate of drug-likeness (QED) is 0.808. The normalized spacial score (nSPS) is 21.0. The number of carbonyl (C=O) groups is 1.